The Morgan fingerprint density at radius 1 is 1.32 bits per heavy atom. The van der Waals surface area contributed by atoms with Crippen molar-refractivity contribution < 1.29 is 4.92 Å². The number of nitrogens with one attached hydrogen (secondary N) is 1. The molecule has 1 atom stereocenters. The van der Waals surface area contributed by atoms with E-state index in [9.17, 15) is 10.1 Å². The molecule has 1 saturated heterocycles. The van der Waals surface area contributed by atoms with Crippen molar-refractivity contribution in [2.75, 3.05) is 23.3 Å². The molecule has 8 nitrogen and oxygen atoms in total. The minimum Gasteiger partial charge on any atom is -0.355 e. The van der Waals surface area contributed by atoms with Crippen LogP contribution in [-0.2, 0) is 6.42 Å². The Morgan fingerprint density at radius 3 is 2.68 bits per heavy atom. The van der Waals surface area contributed by atoms with Gasteiger partial charge in [0.25, 0.3) is 5.69 Å². The molecule has 0 aliphatic carbocycles. The number of halogens is 2. The molecule has 0 spiro atoms. The number of nitro benzene ring substituents is 1. The van der Waals surface area contributed by atoms with Crippen molar-refractivity contribution in [3.05, 3.63) is 45.6 Å². The second kappa shape index (κ2) is 10.4. The fraction of sp³-hybridized carbons (Fsp3) is 0.444. The lowest BCUT2D eigenvalue weighted by molar-refractivity contribution is -0.385. The fourth-order valence-corrected chi connectivity index (χ4v) is 3.09. The van der Waals surface area contributed by atoms with E-state index in [1.54, 1.807) is 19.1 Å². The zero-order chi connectivity index (χ0) is 18.7. The number of anilines is 3. The third-order valence-corrected chi connectivity index (χ3v) is 4.48. The minimum absolute atomic E-state index is 0. The highest BCUT2D eigenvalue weighted by Crippen LogP contribution is 2.26. The molecule has 0 saturated carbocycles. The molecular formula is C18H26Cl2N6O2. The van der Waals surface area contributed by atoms with Crippen LogP contribution in [-0.4, -0.2) is 34.0 Å². The highest BCUT2D eigenvalue weighted by molar-refractivity contribution is 5.85. The van der Waals surface area contributed by atoms with Gasteiger partial charge in [0.2, 0.25) is 5.95 Å². The molecule has 0 amide bonds. The summed E-state index contributed by atoms with van der Waals surface area (Å²) in [5.74, 6) is 1.30. The third-order valence-electron chi connectivity index (χ3n) is 4.48. The maximum atomic E-state index is 11.2. The van der Waals surface area contributed by atoms with E-state index in [0.717, 1.165) is 43.9 Å². The Labute approximate surface area is 176 Å². The van der Waals surface area contributed by atoms with Crippen molar-refractivity contribution in [3.8, 4) is 0 Å². The van der Waals surface area contributed by atoms with Gasteiger partial charge in [-0.3, -0.25) is 10.1 Å². The number of hydrogen-bond donors (Lipinski definition) is 2. The molecule has 3 N–H and O–H groups in total. The fourth-order valence-electron chi connectivity index (χ4n) is 3.09. The number of rotatable bonds is 6. The Kier molecular flexibility index (Phi) is 8.87. The average molecular weight is 429 g/mol. The zero-order valence-electron chi connectivity index (χ0n) is 15.9. The van der Waals surface area contributed by atoms with Crippen LogP contribution >= 0.6 is 24.8 Å². The molecule has 1 unspecified atom stereocenters. The van der Waals surface area contributed by atoms with Gasteiger partial charge in [0, 0.05) is 48.2 Å². The zero-order valence-corrected chi connectivity index (χ0v) is 17.6. The van der Waals surface area contributed by atoms with E-state index in [0.29, 0.717) is 17.2 Å². The Bertz CT molecular complexity index is 821. The lowest BCUT2D eigenvalue weighted by atomic mass is 10.2. The van der Waals surface area contributed by atoms with Crippen LogP contribution in [0, 0.1) is 17.0 Å². The van der Waals surface area contributed by atoms with E-state index in [2.05, 4.69) is 27.1 Å². The summed E-state index contributed by atoms with van der Waals surface area (Å²) in [6.07, 6.45) is 2.77. The van der Waals surface area contributed by atoms with E-state index in [4.69, 9.17) is 5.73 Å². The van der Waals surface area contributed by atoms with Crippen LogP contribution < -0.4 is 16.0 Å². The molecule has 1 aromatic heterocycles. The number of aryl methyl sites for hydroxylation is 2. The second-order valence-electron chi connectivity index (χ2n) is 6.67. The standard InChI is InChI=1S/C18H24N6O2.2ClH/c1-3-4-14-10-17(23-8-7-13(19)11-23)22-18(20-14)21-15-6-5-12(2)16(9-15)24(25)26;;/h5-6,9-10,13H,3-4,7-8,11,19H2,1-2H3,(H,20,21,22);2*1H. The van der Waals surface area contributed by atoms with Crippen LogP contribution in [0.15, 0.2) is 24.3 Å². The molecule has 2 heterocycles. The lowest BCUT2D eigenvalue weighted by Gasteiger charge is -2.19. The third kappa shape index (κ3) is 5.67. The largest absolute Gasteiger partial charge is 0.355 e. The molecule has 154 valence electrons. The lowest BCUT2D eigenvalue weighted by Crippen LogP contribution is -2.27. The van der Waals surface area contributed by atoms with Gasteiger partial charge in [-0.15, -0.1) is 24.8 Å². The van der Waals surface area contributed by atoms with E-state index < -0.39 is 0 Å². The maximum Gasteiger partial charge on any atom is 0.274 e. The van der Waals surface area contributed by atoms with Gasteiger partial charge in [-0.25, -0.2) is 4.98 Å². The van der Waals surface area contributed by atoms with Crippen LogP contribution in [0.3, 0.4) is 0 Å². The number of hydrogen-bond acceptors (Lipinski definition) is 7. The molecule has 2 aromatic rings. The Morgan fingerprint density at radius 2 is 2.07 bits per heavy atom. The molecule has 10 heteroatoms. The van der Waals surface area contributed by atoms with Gasteiger partial charge in [0.1, 0.15) is 5.82 Å². The number of nitrogens with zero attached hydrogens (tertiary/aromatic N) is 4. The van der Waals surface area contributed by atoms with Crippen molar-refractivity contribution in [1.82, 2.24) is 9.97 Å². The molecule has 28 heavy (non-hydrogen) atoms. The normalized spacial score (nSPS) is 15.5. The summed E-state index contributed by atoms with van der Waals surface area (Å²) in [6, 6.07) is 7.19. The predicted molar refractivity (Wildman–Crippen MR) is 116 cm³/mol. The second-order valence-corrected chi connectivity index (χ2v) is 6.67. The molecule has 3 rings (SSSR count). The average Bonchev–Trinajstić information content (AvgIpc) is 3.03. The van der Waals surface area contributed by atoms with Crippen molar-refractivity contribution in [1.29, 1.82) is 0 Å². The molecule has 1 aliphatic rings. The number of nitrogens with two attached hydrogens (primary N) is 1. The van der Waals surface area contributed by atoms with Crippen LogP contribution in [0.4, 0.5) is 23.1 Å². The first-order chi connectivity index (χ1) is 12.5. The van der Waals surface area contributed by atoms with Gasteiger partial charge < -0.3 is 16.0 Å². The number of nitro groups is 1. The summed E-state index contributed by atoms with van der Waals surface area (Å²) in [5.41, 5.74) is 8.25. The first-order valence-corrected chi connectivity index (χ1v) is 8.87. The van der Waals surface area contributed by atoms with E-state index in [1.165, 1.54) is 6.07 Å². The van der Waals surface area contributed by atoms with Gasteiger partial charge in [-0.2, -0.15) is 4.98 Å². The Balaban J connectivity index is 0.00000196. The SMILES string of the molecule is CCCc1cc(N2CCC(N)C2)nc(Nc2ccc(C)c([N+](=O)[O-])c2)n1.Cl.Cl. The quantitative estimate of drug-likeness (QED) is 0.531. The monoisotopic (exact) mass is 428 g/mol. The topological polar surface area (TPSA) is 110 Å². The van der Waals surface area contributed by atoms with Crippen molar-refractivity contribution >= 4 is 48.0 Å². The van der Waals surface area contributed by atoms with Gasteiger partial charge >= 0.3 is 0 Å². The smallest absolute Gasteiger partial charge is 0.274 e. The first-order valence-electron chi connectivity index (χ1n) is 8.87. The summed E-state index contributed by atoms with van der Waals surface area (Å²) in [5, 5.41) is 14.3. The highest BCUT2D eigenvalue weighted by atomic mass is 35.5. The van der Waals surface area contributed by atoms with Gasteiger partial charge in [0.15, 0.2) is 0 Å². The molecule has 0 bridgehead atoms. The van der Waals surface area contributed by atoms with Crippen LogP contribution in [0.1, 0.15) is 31.0 Å². The molecule has 1 aliphatic heterocycles. The van der Waals surface area contributed by atoms with Crippen molar-refractivity contribution in [2.24, 2.45) is 5.73 Å². The number of aromatic nitrogens is 2. The van der Waals surface area contributed by atoms with E-state index in [-0.39, 0.29) is 41.5 Å². The van der Waals surface area contributed by atoms with Crippen LogP contribution in [0.5, 0.6) is 0 Å². The minimum atomic E-state index is -0.383. The van der Waals surface area contributed by atoms with Gasteiger partial charge in [-0.1, -0.05) is 19.4 Å². The van der Waals surface area contributed by atoms with E-state index >= 15 is 0 Å². The molecule has 0 radical (unpaired) electrons. The Hall–Kier alpha value is -2.16. The van der Waals surface area contributed by atoms with Crippen molar-refractivity contribution in [2.45, 2.75) is 39.2 Å². The summed E-state index contributed by atoms with van der Waals surface area (Å²) in [7, 11) is 0. The van der Waals surface area contributed by atoms with Crippen LogP contribution in [0.2, 0.25) is 0 Å². The molecular weight excluding hydrogens is 403 g/mol. The molecule has 1 aromatic carbocycles. The maximum absolute atomic E-state index is 11.2. The highest BCUT2D eigenvalue weighted by Gasteiger charge is 2.21. The summed E-state index contributed by atoms with van der Waals surface area (Å²) >= 11 is 0. The van der Waals surface area contributed by atoms with Crippen LogP contribution in [0.25, 0.3) is 0 Å². The first kappa shape index (κ1) is 23.9. The van der Waals surface area contributed by atoms with E-state index in [1.807, 2.05) is 6.07 Å². The van der Waals surface area contributed by atoms with Gasteiger partial charge in [-0.05, 0) is 25.8 Å². The number of benzene rings is 1. The predicted octanol–water partition coefficient (Wildman–Crippen LogP) is 3.77. The summed E-state index contributed by atoms with van der Waals surface area (Å²) in [6.45, 7) is 5.47. The summed E-state index contributed by atoms with van der Waals surface area (Å²) in [4.78, 5) is 22.1. The van der Waals surface area contributed by atoms with Crippen molar-refractivity contribution in [3.63, 3.8) is 0 Å². The summed E-state index contributed by atoms with van der Waals surface area (Å²) < 4.78 is 0. The van der Waals surface area contributed by atoms with Gasteiger partial charge in [0.05, 0.1) is 4.92 Å². The molecule has 1 fully saturated rings.